The maximum Gasteiger partial charge on any atom is 0.356 e. The second-order valence-electron chi connectivity index (χ2n) is 8.45. The molecule has 3 aromatic heterocycles. The number of hydrogen-bond donors (Lipinski definition) is 3. The first-order valence-electron chi connectivity index (χ1n) is 11.2. The standard InChI is InChI=1S/C25H20FN5O4/c26-16-3-1-13(2-4-16)22-17-9-15-12-27-29-19(15)10-18(17)24(28-23(22)14-5-7-34-8-6-14)35-21-11-20(25(32)33)30-31-21/h1-4,9-12,14H,5-8H2,(H,27,29)(H,30,31)(H,32,33). The first-order valence-corrected chi connectivity index (χ1v) is 11.2. The van der Waals surface area contributed by atoms with E-state index >= 15 is 0 Å². The normalized spacial score (nSPS) is 14.5. The van der Waals surface area contributed by atoms with E-state index in [1.54, 1.807) is 18.3 Å². The Hall–Kier alpha value is -4.31. The molecule has 35 heavy (non-hydrogen) atoms. The molecule has 1 aliphatic heterocycles. The van der Waals surface area contributed by atoms with E-state index in [9.17, 15) is 14.3 Å². The van der Waals surface area contributed by atoms with Gasteiger partial charge < -0.3 is 14.6 Å². The highest BCUT2D eigenvalue weighted by Gasteiger charge is 2.26. The molecular weight excluding hydrogens is 453 g/mol. The van der Waals surface area contributed by atoms with Gasteiger partial charge >= 0.3 is 5.97 Å². The Kier molecular flexibility index (Phi) is 5.14. The zero-order valence-electron chi connectivity index (χ0n) is 18.4. The van der Waals surface area contributed by atoms with Gasteiger partial charge in [0.15, 0.2) is 5.69 Å². The molecular formula is C25H20FN5O4. The fourth-order valence-electron chi connectivity index (χ4n) is 4.57. The van der Waals surface area contributed by atoms with E-state index in [1.165, 1.54) is 18.2 Å². The SMILES string of the molecule is O=C(O)c1cc(Oc2nc(C3CCOCC3)c(-c3ccc(F)cc3)c3cc4cn[nH]c4cc23)[nH]n1. The molecule has 0 aliphatic carbocycles. The number of H-pyrrole nitrogens is 2. The minimum absolute atomic E-state index is 0.104. The number of pyridine rings is 1. The number of nitrogens with zero attached hydrogens (tertiary/aromatic N) is 3. The summed E-state index contributed by atoms with van der Waals surface area (Å²) in [5.41, 5.74) is 3.20. The van der Waals surface area contributed by atoms with E-state index < -0.39 is 5.97 Å². The molecule has 0 atom stereocenters. The van der Waals surface area contributed by atoms with Crippen molar-refractivity contribution in [2.75, 3.05) is 13.2 Å². The van der Waals surface area contributed by atoms with Gasteiger partial charge in [0.1, 0.15) is 5.82 Å². The number of carboxylic acids is 1. The zero-order chi connectivity index (χ0) is 23.9. The number of nitrogens with one attached hydrogen (secondary N) is 2. The molecule has 1 saturated heterocycles. The molecule has 0 radical (unpaired) electrons. The van der Waals surface area contributed by atoms with E-state index in [4.69, 9.17) is 14.5 Å². The Labute approximate surface area is 197 Å². The summed E-state index contributed by atoms with van der Waals surface area (Å²) in [6, 6.07) is 11.6. The van der Waals surface area contributed by atoms with Crippen LogP contribution in [0.1, 0.15) is 34.9 Å². The van der Waals surface area contributed by atoms with E-state index in [-0.39, 0.29) is 23.3 Å². The van der Waals surface area contributed by atoms with Crippen LogP contribution in [0.15, 0.2) is 48.7 Å². The van der Waals surface area contributed by atoms with E-state index in [0.29, 0.717) is 24.5 Å². The monoisotopic (exact) mass is 473 g/mol. The van der Waals surface area contributed by atoms with Gasteiger partial charge in [-0.05, 0) is 48.1 Å². The molecule has 176 valence electrons. The lowest BCUT2D eigenvalue weighted by Crippen LogP contribution is -2.16. The minimum Gasteiger partial charge on any atom is -0.476 e. The van der Waals surface area contributed by atoms with Crippen molar-refractivity contribution in [1.29, 1.82) is 0 Å². The number of aromatic amines is 2. The number of halogens is 1. The highest BCUT2D eigenvalue weighted by Crippen LogP contribution is 2.43. The quantitative estimate of drug-likeness (QED) is 0.327. The van der Waals surface area contributed by atoms with Crippen LogP contribution in [0.25, 0.3) is 32.8 Å². The number of fused-ring (bicyclic) bond motifs is 2. The third-order valence-corrected chi connectivity index (χ3v) is 6.28. The minimum atomic E-state index is -1.16. The van der Waals surface area contributed by atoms with Crippen molar-refractivity contribution in [3.8, 4) is 22.9 Å². The summed E-state index contributed by atoms with van der Waals surface area (Å²) in [7, 11) is 0. The molecule has 0 spiro atoms. The highest BCUT2D eigenvalue weighted by atomic mass is 19.1. The summed E-state index contributed by atoms with van der Waals surface area (Å²) in [6.07, 6.45) is 3.31. The maximum atomic E-state index is 13.8. The van der Waals surface area contributed by atoms with Crippen LogP contribution in [-0.4, -0.2) is 49.7 Å². The number of carbonyl (C=O) groups is 1. The summed E-state index contributed by atoms with van der Waals surface area (Å²) >= 11 is 0. The lowest BCUT2D eigenvalue weighted by atomic mass is 9.87. The first kappa shape index (κ1) is 21.2. The number of aromatic carboxylic acids is 1. The Balaban J connectivity index is 1.62. The van der Waals surface area contributed by atoms with Gasteiger partial charge in [0, 0.05) is 41.5 Å². The van der Waals surface area contributed by atoms with Gasteiger partial charge in [-0.2, -0.15) is 10.2 Å². The summed E-state index contributed by atoms with van der Waals surface area (Å²) in [5, 5.41) is 25.2. The molecule has 5 aromatic rings. The molecule has 9 nitrogen and oxygen atoms in total. The van der Waals surface area contributed by atoms with Gasteiger partial charge in [0.25, 0.3) is 0 Å². The Bertz CT molecular complexity index is 1550. The van der Waals surface area contributed by atoms with Crippen LogP contribution in [0.2, 0.25) is 0 Å². The number of rotatable bonds is 5. The van der Waals surface area contributed by atoms with Gasteiger partial charge in [-0.15, -0.1) is 0 Å². The van der Waals surface area contributed by atoms with Crippen LogP contribution in [-0.2, 0) is 4.74 Å². The van der Waals surface area contributed by atoms with Gasteiger partial charge in [-0.25, -0.2) is 19.3 Å². The van der Waals surface area contributed by atoms with Crippen molar-refractivity contribution in [3.05, 3.63) is 65.9 Å². The average molecular weight is 473 g/mol. The van der Waals surface area contributed by atoms with Gasteiger partial charge in [0.2, 0.25) is 11.8 Å². The average Bonchev–Trinajstić information content (AvgIpc) is 3.53. The first-order chi connectivity index (χ1) is 17.1. The van der Waals surface area contributed by atoms with Crippen molar-refractivity contribution in [2.45, 2.75) is 18.8 Å². The lowest BCUT2D eigenvalue weighted by Gasteiger charge is -2.25. The largest absolute Gasteiger partial charge is 0.476 e. The molecule has 6 rings (SSSR count). The topological polar surface area (TPSA) is 126 Å². The smallest absolute Gasteiger partial charge is 0.356 e. The van der Waals surface area contributed by atoms with Crippen molar-refractivity contribution in [2.24, 2.45) is 0 Å². The third-order valence-electron chi connectivity index (χ3n) is 6.28. The fraction of sp³-hybridized carbons (Fsp3) is 0.200. The van der Waals surface area contributed by atoms with Crippen LogP contribution in [0.5, 0.6) is 11.8 Å². The van der Waals surface area contributed by atoms with Crippen molar-refractivity contribution in [3.63, 3.8) is 0 Å². The van der Waals surface area contributed by atoms with E-state index in [2.05, 4.69) is 20.4 Å². The maximum absolute atomic E-state index is 13.8. The Morgan fingerprint density at radius 3 is 2.63 bits per heavy atom. The number of aromatic nitrogens is 5. The van der Waals surface area contributed by atoms with Crippen LogP contribution < -0.4 is 4.74 Å². The van der Waals surface area contributed by atoms with Gasteiger partial charge in [-0.1, -0.05) is 12.1 Å². The predicted molar refractivity (Wildman–Crippen MR) is 125 cm³/mol. The molecule has 0 bridgehead atoms. The molecule has 4 heterocycles. The second-order valence-corrected chi connectivity index (χ2v) is 8.45. The van der Waals surface area contributed by atoms with Crippen LogP contribution in [0, 0.1) is 5.82 Å². The van der Waals surface area contributed by atoms with Gasteiger partial charge in [-0.3, -0.25) is 5.10 Å². The number of hydrogen-bond acceptors (Lipinski definition) is 6. The number of benzene rings is 2. The molecule has 10 heteroatoms. The fourth-order valence-corrected chi connectivity index (χ4v) is 4.57. The van der Waals surface area contributed by atoms with Crippen molar-refractivity contribution >= 4 is 27.6 Å². The molecule has 1 aliphatic rings. The lowest BCUT2D eigenvalue weighted by molar-refractivity contribution is 0.0690. The molecule has 0 unspecified atom stereocenters. The Morgan fingerprint density at radius 2 is 1.89 bits per heavy atom. The molecule has 2 aromatic carbocycles. The van der Waals surface area contributed by atoms with E-state index in [0.717, 1.165) is 46.0 Å². The number of ether oxygens (including phenoxy) is 2. The van der Waals surface area contributed by atoms with E-state index in [1.807, 2.05) is 12.1 Å². The molecule has 1 fully saturated rings. The molecule has 3 N–H and O–H groups in total. The third kappa shape index (κ3) is 3.87. The highest BCUT2D eigenvalue weighted by molar-refractivity contribution is 6.06. The molecule has 0 amide bonds. The predicted octanol–water partition coefficient (Wildman–Crippen LogP) is 5.02. The summed E-state index contributed by atoms with van der Waals surface area (Å²) in [6.45, 7) is 1.24. The summed E-state index contributed by atoms with van der Waals surface area (Å²) in [4.78, 5) is 16.2. The van der Waals surface area contributed by atoms with Crippen LogP contribution in [0.4, 0.5) is 4.39 Å². The Morgan fingerprint density at radius 1 is 1.09 bits per heavy atom. The van der Waals surface area contributed by atoms with Crippen LogP contribution >= 0.6 is 0 Å². The van der Waals surface area contributed by atoms with Crippen LogP contribution in [0.3, 0.4) is 0 Å². The zero-order valence-corrected chi connectivity index (χ0v) is 18.4. The van der Waals surface area contributed by atoms with Crippen molar-refractivity contribution < 1.29 is 23.8 Å². The summed E-state index contributed by atoms with van der Waals surface area (Å²) in [5.74, 6) is -0.906. The summed E-state index contributed by atoms with van der Waals surface area (Å²) < 4.78 is 25.4. The van der Waals surface area contributed by atoms with Crippen molar-refractivity contribution in [1.82, 2.24) is 25.4 Å². The molecule has 0 saturated carbocycles. The second kappa shape index (κ2) is 8.48. The van der Waals surface area contributed by atoms with Gasteiger partial charge in [0.05, 0.1) is 17.4 Å². The number of carboxylic acid groups (broad SMARTS) is 1.